The highest BCUT2D eigenvalue weighted by molar-refractivity contribution is 6.30. The number of nitrogens with two attached hydrogens (primary N) is 1. The smallest absolute Gasteiger partial charge is 0.257 e. The molecule has 2 aromatic rings. The highest BCUT2D eigenvalue weighted by atomic mass is 35.5. The van der Waals surface area contributed by atoms with Gasteiger partial charge in [0, 0.05) is 10.6 Å². The van der Waals surface area contributed by atoms with Crippen LogP contribution >= 0.6 is 11.6 Å². The maximum atomic E-state index is 6.45. The summed E-state index contributed by atoms with van der Waals surface area (Å²) in [6, 6.07) is 7.35. The zero-order valence-electron chi connectivity index (χ0n) is 11.5. The third kappa shape index (κ3) is 2.58. The molecule has 0 unspecified atom stereocenters. The Labute approximate surface area is 123 Å². The standard InChI is InChI=1S/C15H18ClN3O/c1-10-6-8-15(17,9-7-10)14-18-13(20-19-14)11-2-4-12(16)5-3-11/h2-5,10H,6-9,17H2,1H3. The topological polar surface area (TPSA) is 64.9 Å². The van der Waals surface area contributed by atoms with Gasteiger partial charge in [-0.2, -0.15) is 4.98 Å². The van der Waals surface area contributed by atoms with Crippen LogP contribution in [0.15, 0.2) is 28.8 Å². The number of hydrogen-bond acceptors (Lipinski definition) is 4. The summed E-state index contributed by atoms with van der Waals surface area (Å²) in [6.07, 6.45) is 4.05. The first kappa shape index (κ1) is 13.6. The van der Waals surface area contributed by atoms with Crippen LogP contribution in [0.2, 0.25) is 5.02 Å². The number of halogens is 1. The first-order valence-corrected chi connectivity index (χ1v) is 7.34. The second kappa shape index (κ2) is 5.19. The van der Waals surface area contributed by atoms with Crippen molar-refractivity contribution in [2.75, 3.05) is 0 Å². The van der Waals surface area contributed by atoms with Crippen molar-refractivity contribution in [2.45, 2.75) is 38.1 Å². The third-order valence-corrected chi connectivity index (χ3v) is 4.38. The molecule has 0 atom stereocenters. The Morgan fingerprint density at radius 3 is 2.55 bits per heavy atom. The Bertz CT molecular complexity index is 585. The maximum absolute atomic E-state index is 6.45. The molecule has 0 spiro atoms. The number of rotatable bonds is 2. The van der Waals surface area contributed by atoms with E-state index in [2.05, 4.69) is 17.1 Å². The molecule has 0 bridgehead atoms. The molecule has 4 nitrogen and oxygen atoms in total. The van der Waals surface area contributed by atoms with Crippen molar-refractivity contribution in [3.8, 4) is 11.5 Å². The lowest BCUT2D eigenvalue weighted by Gasteiger charge is -2.33. The summed E-state index contributed by atoms with van der Waals surface area (Å²) in [5, 5.41) is 4.78. The minimum absolute atomic E-state index is 0.444. The Hall–Kier alpha value is -1.39. The van der Waals surface area contributed by atoms with E-state index in [9.17, 15) is 0 Å². The fraction of sp³-hybridized carbons (Fsp3) is 0.467. The summed E-state index contributed by atoms with van der Waals surface area (Å²) in [5.41, 5.74) is 6.87. The normalized spacial score (nSPS) is 26.6. The number of aromatic nitrogens is 2. The van der Waals surface area contributed by atoms with Crippen LogP contribution < -0.4 is 5.73 Å². The maximum Gasteiger partial charge on any atom is 0.257 e. The van der Waals surface area contributed by atoms with Crippen molar-refractivity contribution in [2.24, 2.45) is 11.7 Å². The fourth-order valence-corrected chi connectivity index (χ4v) is 2.76. The van der Waals surface area contributed by atoms with Gasteiger partial charge in [0.2, 0.25) is 0 Å². The molecule has 106 valence electrons. The van der Waals surface area contributed by atoms with Gasteiger partial charge in [-0.05, 0) is 55.9 Å². The van der Waals surface area contributed by atoms with E-state index in [1.165, 1.54) is 0 Å². The van der Waals surface area contributed by atoms with E-state index < -0.39 is 5.54 Å². The van der Waals surface area contributed by atoms with Gasteiger partial charge < -0.3 is 10.3 Å². The average Bonchev–Trinajstić information content (AvgIpc) is 2.94. The largest absolute Gasteiger partial charge is 0.334 e. The Kier molecular flexibility index (Phi) is 3.52. The van der Waals surface area contributed by atoms with Gasteiger partial charge >= 0.3 is 0 Å². The van der Waals surface area contributed by atoms with Gasteiger partial charge in [-0.1, -0.05) is 23.7 Å². The van der Waals surface area contributed by atoms with Crippen molar-refractivity contribution in [3.05, 3.63) is 35.1 Å². The van der Waals surface area contributed by atoms with Crippen LogP contribution in [0.1, 0.15) is 38.4 Å². The molecule has 1 aromatic carbocycles. The summed E-state index contributed by atoms with van der Waals surface area (Å²) in [5.74, 6) is 1.85. The van der Waals surface area contributed by atoms with Gasteiger partial charge in [0.1, 0.15) is 0 Å². The first-order chi connectivity index (χ1) is 9.57. The van der Waals surface area contributed by atoms with Crippen LogP contribution in [-0.4, -0.2) is 10.1 Å². The summed E-state index contributed by atoms with van der Waals surface area (Å²) in [7, 11) is 0. The van der Waals surface area contributed by atoms with E-state index in [0.29, 0.717) is 16.7 Å². The van der Waals surface area contributed by atoms with Crippen molar-refractivity contribution in [1.82, 2.24) is 10.1 Å². The van der Waals surface area contributed by atoms with Crippen molar-refractivity contribution < 1.29 is 4.52 Å². The monoisotopic (exact) mass is 291 g/mol. The number of hydrogen-bond donors (Lipinski definition) is 1. The van der Waals surface area contributed by atoms with E-state index >= 15 is 0 Å². The lowest BCUT2D eigenvalue weighted by Crippen LogP contribution is -2.41. The van der Waals surface area contributed by atoms with Crippen molar-refractivity contribution in [1.29, 1.82) is 0 Å². The van der Waals surface area contributed by atoms with E-state index in [0.717, 1.165) is 37.2 Å². The molecule has 1 aromatic heterocycles. The molecule has 0 radical (unpaired) electrons. The second-order valence-corrected chi connectivity index (χ2v) is 6.21. The average molecular weight is 292 g/mol. The molecule has 0 aliphatic heterocycles. The first-order valence-electron chi connectivity index (χ1n) is 6.96. The van der Waals surface area contributed by atoms with Gasteiger partial charge in [-0.25, -0.2) is 0 Å². The zero-order chi connectivity index (χ0) is 14.2. The zero-order valence-corrected chi connectivity index (χ0v) is 12.2. The summed E-state index contributed by atoms with van der Waals surface area (Å²) >= 11 is 5.88. The van der Waals surface area contributed by atoms with E-state index in [1.807, 2.05) is 12.1 Å². The molecule has 20 heavy (non-hydrogen) atoms. The van der Waals surface area contributed by atoms with E-state index in [4.69, 9.17) is 21.9 Å². The van der Waals surface area contributed by atoms with Crippen LogP contribution in [0, 0.1) is 5.92 Å². The van der Waals surface area contributed by atoms with E-state index in [1.54, 1.807) is 12.1 Å². The predicted octanol–water partition coefficient (Wildman–Crippen LogP) is 3.75. The molecule has 1 fully saturated rings. The summed E-state index contributed by atoms with van der Waals surface area (Å²) < 4.78 is 5.35. The predicted molar refractivity (Wildman–Crippen MR) is 78.2 cm³/mol. The molecular weight excluding hydrogens is 274 g/mol. The van der Waals surface area contributed by atoms with Crippen LogP contribution in [0.4, 0.5) is 0 Å². The highest BCUT2D eigenvalue weighted by Gasteiger charge is 2.36. The van der Waals surface area contributed by atoms with Crippen LogP contribution in [0.5, 0.6) is 0 Å². The number of nitrogens with zero attached hydrogens (tertiary/aromatic N) is 2. The Balaban J connectivity index is 1.85. The summed E-state index contributed by atoms with van der Waals surface area (Å²) in [6.45, 7) is 2.26. The van der Waals surface area contributed by atoms with Crippen LogP contribution in [-0.2, 0) is 5.54 Å². The Morgan fingerprint density at radius 2 is 1.90 bits per heavy atom. The fourth-order valence-electron chi connectivity index (χ4n) is 2.64. The molecule has 2 N–H and O–H groups in total. The molecule has 1 aliphatic carbocycles. The lowest BCUT2D eigenvalue weighted by molar-refractivity contribution is 0.230. The molecule has 0 saturated heterocycles. The molecule has 0 amide bonds. The SMILES string of the molecule is CC1CCC(N)(c2noc(-c3ccc(Cl)cc3)n2)CC1. The summed E-state index contributed by atoms with van der Waals surface area (Å²) in [4.78, 5) is 4.48. The van der Waals surface area contributed by atoms with Gasteiger partial charge in [0.15, 0.2) is 5.82 Å². The van der Waals surface area contributed by atoms with Gasteiger partial charge in [0.25, 0.3) is 5.89 Å². The molecule has 1 saturated carbocycles. The minimum atomic E-state index is -0.444. The number of benzene rings is 1. The molecule has 5 heteroatoms. The van der Waals surface area contributed by atoms with Crippen molar-refractivity contribution >= 4 is 11.6 Å². The highest BCUT2D eigenvalue weighted by Crippen LogP contribution is 2.36. The van der Waals surface area contributed by atoms with Crippen LogP contribution in [0.25, 0.3) is 11.5 Å². The second-order valence-electron chi connectivity index (χ2n) is 5.77. The van der Waals surface area contributed by atoms with Gasteiger partial charge in [-0.15, -0.1) is 0 Å². The molecular formula is C15H18ClN3O. The lowest BCUT2D eigenvalue weighted by atomic mass is 9.77. The molecule has 1 aliphatic rings. The minimum Gasteiger partial charge on any atom is -0.334 e. The van der Waals surface area contributed by atoms with Crippen LogP contribution in [0.3, 0.4) is 0 Å². The Morgan fingerprint density at radius 1 is 1.25 bits per heavy atom. The molecule has 1 heterocycles. The quantitative estimate of drug-likeness (QED) is 0.915. The third-order valence-electron chi connectivity index (χ3n) is 4.13. The molecule has 3 rings (SSSR count). The van der Waals surface area contributed by atoms with E-state index in [-0.39, 0.29) is 0 Å². The van der Waals surface area contributed by atoms with Gasteiger partial charge in [-0.3, -0.25) is 0 Å². The van der Waals surface area contributed by atoms with Gasteiger partial charge in [0.05, 0.1) is 5.54 Å². The van der Waals surface area contributed by atoms with Crippen molar-refractivity contribution in [3.63, 3.8) is 0 Å².